The minimum absolute atomic E-state index is 0.0303. The Kier molecular flexibility index (Phi) is 5.17. The van der Waals surface area contributed by atoms with Gasteiger partial charge in [-0.05, 0) is 12.1 Å². The van der Waals surface area contributed by atoms with Gasteiger partial charge in [0.1, 0.15) is 12.3 Å². The van der Waals surface area contributed by atoms with Gasteiger partial charge in [0.05, 0.1) is 19.3 Å². The van der Waals surface area contributed by atoms with E-state index >= 15 is 0 Å². The molecule has 0 aliphatic rings. The number of aliphatic hydroxyl groups is 1. The number of aliphatic hydroxyl groups excluding tert-OH is 1. The van der Waals surface area contributed by atoms with Gasteiger partial charge in [-0.1, -0.05) is 12.1 Å². The lowest BCUT2D eigenvalue weighted by Gasteiger charge is -2.23. The number of benzene rings is 1. The summed E-state index contributed by atoms with van der Waals surface area (Å²) in [5.41, 5.74) is 0.0303. The van der Waals surface area contributed by atoms with Crippen molar-refractivity contribution in [3.05, 3.63) is 29.8 Å². The number of ether oxygens (including phenoxy) is 1. The highest BCUT2D eigenvalue weighted by molar-refractivity contribution is 5.97. The number of carbonyl (C=O) groups is 1. The molecule has 1 amide bonds. The van der Waals surface area contributed by atoms with Crippen molar-refractivity contribution in [3.8, 4) is 5.75 Å². The number of rotatable bonds is 5. The molecule has 0 saturated heterocycles. The van der Waals surface area contributed by atoms with E-state index in [4.69, 9.17) is 9.84 Å². The van der Waals surface area contributed by atoms with Gasteiger partial charge in [0.15, 0.2) is 0 Å². The van der Waals surface area contributed by atoms with E-state index in [-0.39, 0.29) is 11.3 Å². The highest BCUT2D eigenvalue weighted by Crippen LogP contribution is 2.22. The van der Waals surface area contributed by atoms with Crippen LogP contribution in [0.25, 0.3) is 0 Å². The SMILES string of the molecule is COc1ccccc1C(=O)N(CCO)CC(F)(F)F. The number of hydrogen-bond donors (Lipinski definition) is 1. The maximum absolute atomic E-state index is 12.4. The molecule has 0 radical (unpaired) electrons. The summed E-state index contributed by atoms with van der Waals surface area (Å²) in [5, 5.41) is 8.76. The van der Waals surface area contributed by atoms with Crippen LogP contribution in [-0.4, -0.2) is 48.9 Å². The molecule has 0 aromatic heterocycles. The average molecular weight is 277 g/mol. The predicted octanol–water partition coefficient (Wildman–Crippen LogP) is 1.69. The fourth-order valence-electron chi connectivity index (χ4n) is 1.58. The number of para-hydroxylation sites is 1. The van der Waals surface area contributed by atoms with Gasteiger partial charge in [0, 0.05) is 6.54 Å². The van der Waals surface area contributed by atoms with E-state index in [0.29, 0.717) is 4.90 Å². The quantitative estimate of drug-likeness (QED) is 0.891. The van der Waals surface area contributed by atoms with Crippen molar-refractivity contribution in [2.75, 3.05) is 26.8 Å². The Morgan fingerprint density at radius 3 is 2.53 bits per heavy atom. The fraction of sp³-hybridized carbons (Fsp3) is 0.417. The Morgan fingerprint density at radius 2 is 2.00 bits per heavy atom. The molecule has 0 aliphatic carbocycles. The molecule has 1 aromatic rings. The molecule has 1 rings (SSSR count). The maximum atomic E-state index is 12.4. The number of amides is 1. The van der Waals surface area contributed by atoms with E-state index in [1.807, 2.05) is 0 Å². The maximum Gasteiger partial charge on any atom is 0.406 e. The molecule has 0 heterocycles. The van der Waals surface area contributed by atoms with E-state index < -0.39 is 31.8 Å². The second kappa shape index (κ2) is 6.42. The Bertz CT molecular complexity index is 434. The molecular weight excluding hydrogens is 263 g/mol. The van der Waals surface area contributed by atoms with Gasteiger partial charge in [-0.3, -0.25) is 4.79 Å². The number of halogens is 3. The van der Waals surface area contributed by atoms with Crippen LogP contribution in [0.5, 0.6) is 5.75 Å². The molecule has 4 nitrogen and oxygen atoms in total. The number of alkyl halides is 3. The zero-order chi connectivity index (χ0) is 14.5. The Hall–Kier alpha value is -1.76. The van der Waals surface area contributed by atoms with Crippen molar-refractivity contribution in [3.63, 3.8) is 0 Å². The van der Waals surface area contributed by atoms with Gasteiger partial charge < -0.3 is 14.7 Å². The molecule has 19 heavy (non-hydrogen) atoms. The first kappa shape index (κ1) is 15.3. The number of hydrogen-bond acceptors (Lipinski definition) is 3. The third-order valence-corrected chi connectivity index (χ3v) is 2.36. The second-order valence-corrected chi connectivity index (χ2v) is 3.77. The topological polar surface area (TPSA) is 49.8 Å². The van der Waals surface area contributed by atoms with Crippen LogP contribution >= 0.6 is 0 Å². The van der Waals surface area contributed by atoms with Gasteiger partial charge in [0.25, 0.3) is 5.91 Å². The average Bonchev–Trinajstić information content (AvgIpc) is 2.36. The van der Waals surface area contributed by atoms with E-state index in [1.165, 1.54) is 25.3 Å². The Morgan fingerprint density at radius 1 is 1.37 bits per heavy atom. The molecule has 0 spiro atoms. The summed E-state index contributed by atoms with van der Waals surface area (Å²) in [5.74, 6) is -0.638. The molecule has 0 atom stereocenters. The molecule has 0 fully saturated rings. The van der Waals surface area contributed by atoms with Crippen LogP contribution < -0.4 is 4.74 Å². The largest absolute Gasteiger partial charge is 0.496 e. The molecule has 106 valence electrons. The minimum atomic E-state index is -4.52. The summed E-state index contributed by atoms with van der Waals surface area (Å²) in [6, 6.07) is 6.00. The van der Waals surface area contributed by atoms with Crippen LogP contribution in [0.1, 0.15) is 10.4 Å². The zero-order valence-electron chi connectivity index (χ0n) is 10.3. The van der Waals surface area contributed by atoms with Gasteiger partial charge in [-0.15, -0.1) is 0 Å². The fourth-order valence-corrected chi connectivity index (χ4v) is 1.58. The number of methoxy groups -OCH3 is 1. The minimum Gasteiger partial charge on any atom is -0.496 e. The highest BCUT2D eigenvalue weighted by Gasteiger charge is 2.33. The third-order valence-electron chi connectivity index (χ3n) is 2.36. The highest BCUT2D eigenvalue weighted by atomic mass is 19.4. The lowest BCUT2D eigenvalue weighted by molar-refractivity contribution is -0.141. The van der Waals surface area contributed by atoms with Crippen LogP contribution in [0.15, 0.2) is 24.3 Å². The normalized spacial score (nSPS) is 11.2. The Labute approximate surface area is 108 Å². The monoisotopic (exact) mass is 277 g/mol. The lowest BCUT2D eigenvalue weighted by Crippen LogP contribution is -2.40. The van der Waals surface area contributed by atoms with Gasteiger partial charge >= 0.3 is 6.18 Å². The van der Waals surface area contributed by atoms with E-state index in [0.717, 1.165) is 0 Å². The first-order chi connectivity index (χ1) is 8.89. The summed E-state index contributed by atoms with van der Waals surface area (Å²) in [7, 11) is 1.33. The summed E-state index contributed by atoms with van der Waals surface area (Å²) in [6.07, 6.45) is -4.52. The molecule has 0 unspecified atom stereocenters. The van der Waals surface area contributed by atoms with Crippen molar-refractivity contribution >= 4 is 5.91 Å². The van der Waals surface area contributed by atoms with Crippen LogP contribution in [-0.2, 0) is 0 Å². The third kappa shape index (κ3) is 4.44. The number of carbonyl (C=O) groups excluding carboxylic acids is 1. The van der Waals surface area contributed by atoms with Gasteiger partial charge in [-0.25, -0.2) is 0 Å². The molecule has 0 saturated carbocycles. The van der Waals surface area contributed by atoms with Crippen molar-refractivity contribution in [2.45, 2.75) is 6.18 Å². The van der Waals surface area contributed by atoms with E-state index in [9.17, 15) is 18.0 Å². The van der Waals surface area contributed by atoms with Crippen molar-refractivity contribution < 1.29 is 27.8 Å². The smallest absolute Gasteiger partial charge is 0.406 e. The summed E-state index contributed by atoms with van der Waals surface area (Å²) >= 11 is 0. The molecule has 1 N–H and O–H groups in total. The summed E-state index contributed by atoms with van der Waals surface area (Å²) in [4.78, 5) is 12.6. The lowest BCUT2D eigenvalue weighted by atomic mass is 10.1. The molecule has 1 aromatic carbocycles. The molecule has 7 heteroatoms. The second-order valence-electron chi connectivity index (χ2n) is 3.77. The summed E-state index contributed by atoms with van der Waals surface area (Å²) < 4.78 is 42.1. The molecule has 0 bridgehead atoms. The van der Waals surface area contributed by atoms with Crippen LogP contribution in [0.3, 0.4) is 0 Å². The van der Waals surface area contributed by atoms with Crippen LogP contribution in [0, 0.1) is 0 Å². The predicted molar refractivity (Wildman–Crippen MR) is 62.0 cm³/mol. The zero-order valence-corrected chi connectivity index (χ0v) is 10.3. The van der Waals surface area contributed by atoms with Crippen molar-refractivity contribution in [1.29, 1.82) is 0 Å². The van der Waals surface area contributed by atoms with Crippen LogP contribution in [0.2, 0.25) is 0 Å². The molecular formula is C12H14F3NO3. The first-order valence-corrected chi connectivity index (χ1v) is 5.49. The first-order valence-electron chi connectivity index (χ1n) is 5.49. The number of nitrogens with zero attached hydrogens (tertiary/aromatic N) is 1. The van der Waals surface area contributed by atoms with E-state index in [1.54, 1.807) is 6.07 Å². The van der Waals surface area contributed by atoms with Crippen molar-refractivity contribution in [2.24, 2.45) is 0 Å². The van der Waals surface area contributed by atoms with Crippen LogP contribution in [0.4, 0.5) is 13.2 Å². The standard InChI is InChI=1S/C12H14F3NO3/c1-19-10-5-3-2-4-9(10)11(18)16(6-7-17)8-12(13,14)15/h2-5,17H,6-8H2,1H3. The van der Waals surface area contributed by atoms with Crippen molar-refractivity contribution in [1.82, 2.24) is 4.90 Å². The van der Waals surface area contributed by atoms with Gasteiger partial charge in [0.2, 0.25) is 0 Å². The van der Waals surface area contributed by atoms with Gasteiger partial charge in [-0.2, -0.15) is 13.2 Å². The molecule has 0 aliphatic heterocycles. The Balaban J connectivity index is 2.99. The summed E-state index contributed by atoms with van der Waals surface area (Å²) in [6.45, 7) is -2.35. The van der Waals surface area contributed by atoms with E-state index in [2.05, 4.69) is 0 Å².